The van der Waals surface area contributed by atoms with E-state index in [4.69, 9.17) is 10.9 Å². The maximum atomic E-state index is 12.0. The van der Waals surface area contributed by atoms with E-state index in [-0.39, 0.29) is 18.2 Å². The molecule has 3 N–H and O–H groups in total. The Morgan fingerprint density at radius 2 is 2.41 bits per heavy atom. The van der Waals surface area contributed by atoms with Crippen molar-refractivity contribution in [3.63, 3.8) is 0 Å². The maximum Gasteiger partial charge on any atom is 0.230 e. The number of amidine groups is 1. The Hall–Kier alpha value is -1.56. The van der Waals surface area contributed by atoms with Gasteiger partial charge >= 0.3 is 0 Å². The van der Waals surface area contributed by atoms with Gasteiger partial charge in [-0.1, -0.05) is 5.16 Å². The van der Waals surface area contributed by atoms with Crippen LogP contribution in [0.15, 0.2) is 22.0 Å². The molecule has 1 amide bonds. The lowest BCUT2D eigenvalue weighted by Gasteiger charge is -2.21. The fourth-order valence-corrected chi connectivity index (χ4v) is 2.34. The van der Waals surface area contributed by atoms with Crippen LogP contribution >= 0.6 is 11.3 Å². The molecule has 1 aromatic rings. The van der Waals surface area contributed by atoms with Gasteiger partial charge in [0.25, 0.3) is 0 Å². The summed E-state index contributed by atoms with van der Waals surface area (Å²) >= 11 is 1.62. The van der Waals surface area contributed by atoms with Crippen LogP contribution in [0.5, 0.6) is 0 Å². The maximum absolute atomic E-state index is 12.0. The highest BCUT2D eigenvalue weighted by molar-refractivity contribution is 7.07. The smallest absolute Gasteiger partial charge is 0.230 e. The summed E-state index contributed by atoms with van der Waals surface area (Å²) in [5.41, 5.74) is 6.49. The average Bonchev–Trinajstić information content (AvgIpc) is 3.03. The van der Waals surface area contributed by atoms with Crippen LogP contribution in [0.25, 0.3) is 0 Å². The molecule has 0 saturated heterocycles. The minimum atomic E-state index is -0.0750. The molecular formula is C11H15N3O2S. The third-order valence-corrected chi connectivity index (χ3v) is 3.43. The molecule has 1 heterocycles. The predicted molar refractivity (Wildman–Crippen MR) is 65.9 cm³/mol. The SMILES string of the molecule is NC(CC(=O)N(Cc1ccsc1)C1CC1)=NO. The molecule has 17 heavy (non-hydrogen) atoms. The number of rotatable bonds is 5. The summed E-state index contributed by atoms with van der Waals surface area (Å²) in [6, 6.07) is 2.34. The summed E-state index contributed by atoms with van der Waals surface area (Å²) in [5, 5.41) is 15.3. The Bertz CT molecular complexity index is 412. The van der Waals surface area contributed by atoms with Gasteiger partial charge < -0.3 is 15.8 Å². The van der Waals surface area contributed by atoms with Crippen molar-refractivity contribution in [3.8, 4) is 0 Å². The fourth-order valence-electron chi connectivity index (χ4n) is 1.68. The van der Waals surface area contributed by atoms with Crippen molar-refractivity contribution in [2.24, 2.45) is 10.9 Å². The lowest BCUT2D eigenvalue weighted by molar-refractivity contribution is -0.131. The summed E-state index contributed by atoms with van der Waals surface area (Å²) in [5.74, 6) is -0.111. The quantitative estimate of drug-likeness (QED) is 0.360. The molecule has 0 bridgehead atoms. The van der Waals surface area contributed by atoms with E-state index in [0.717, 1.165) is 18.4 Å². The number of carbonyl (C=O) groups excluding carboxylic acids is 1. The van der Waals surface area contributed by atoms with Crippen molar-refractivity contribution >= 4 is 23.1 Å². The highest BCUT2D eigenvalue weighted by Crippen LogP contribution is 2.29. The van der Waals surface area contributed by atoms with Gasteiger partial charge in [0.05, 0.1) is 6.42 Å². The molecule has 0 spiro atoms. The first-order chi connectivity index (χ1) is 8.20. The van der Waals surface area contributed by atoms with Crippen molar-refractivity contribution in [2.45, 2.75) is 31.8 Å². The van der Waals surface area contributed by atoms with Gasteiger partial charge in [-0.15, -0.1) is 0 Å². The summed E-state index contributed by atoms with van der Waals surface area (Å²) in [7, 11) is 0. The Labute approximate surface area is 104 Å². The van der Waals surface area contributed by atoms with Crippen LogP contribution in [0.2, 0.25) is 0 Å². The largest absolute Gasteiger partial charge is 0.409 e. The Morgan fingerprint density at radius 1 is 1.65 bits per heavy atom. The number of hydrogen-bond acceptors (Lipinski definition) is 4. The second kappa shape index (κ2) is 5.18. The average molecular weight is 253 g/mol. The molecule has 0 radical (unpaired) electrons. The summed E-state index contributed by atoms with van der Waals surface area (Å²) in [6.45, 7) is 0.617. The molecule has 1 saturated carbocycles. The van der Waals surface area contributed by atoms with Crippen molar-refractivity contribution in [1.82, 2.24) is 4.90 Å². The minimum absolute atomic E-state index is 0.0167. The van der Waals surface area contributed by atoms with E-state index in [2.05, 4.69) is 5.16 Å². The third kappa shape index (κ3) is 3.20. The second-order valence-electron chi connectivity index (χ2n) is 4.15. The molecule has 5 nitrogen and oxygen atoms in total. The number of amides is 1. The molecule has 92 valence electrons. The van der Waals surface area contributed by atoms with Crippen LogP contribution in [0.1, 0.15) is 24.8 Å². The Balaban J connectivity index is 1.99. The number of hydrogen-bond donors (Lipinski definition) is 2. The van der Waals surface area contributed by atoms with Crippen LogP contribution < -0.4 is 5.73 Å². The first-order valence-electron chi connectivity index (χ1n) is 5.47. The zero-order valence-corrected chi connectivity index (χ0v) is 10.2. The molecule has 0 aromatic carbocycles. The van der Waals surface area contributed by atoms with Gasteiger partial charge in [0.2, 0.25) is 5.91 Å². The molecule has 1 aliphatic carbocycles. The van der Waals surface area contributed by atoms with Gasteiger partial charge in [-0.2, -0.15) is 11.3 Å². The Kier molecular flexibility index (Phi) is 3.63. The molecule has 0 unspecified atom stereocenters. The van der Waals surface area contributed by atoms with E-state index in [0.29, 0.717) is 12.6 Å². The van der Waals surface area contributed by atoms with Crippen molar-refractivity contribution < 1.29 is 10.0 Å². The molecular weight excluding hydrogens is 238 g/mol. The summed E-state index contributed by atoms with van der Waals surface area (Å²) in [6.07, 6.45) is 2.08. The molecule has 1 fully saturated rings. The van der Waals surface area contributed by atoms with E-state index in [9.17, 15) is 4.79 Å². The second-order valence-corrected chi connectivity index (χ2v) is 4.93. The lowest BCUT2D eigenvalue weighted by atomic mass is 10.2. The first-order valence-corrected chi connectivity index (χ1v) is 6.42. The van der Waals surface area contributed by atoms with Crippen molar-refractivity contribution in [2.75, 3.05) is 0 Å². The highest BCUT2D eigenvalue weighted by atomic mass is 32.1. The van der Waals surface area contributed by atoms with Crippen molar-refractivity contribution in [3.05, 3.63) is 22.4 Å². The van der Waals surface area contributed by atoms with Gasteiger partial charge in [0.15, 0.2) is 0 Å². The van der Waals surface area contributed by atoms with Gasteiger partial charge in [0, 0.05) is 12.6 Å². The zero-order valence-electron chi connectivity index (χ0n) is 9.37. The van der Waals surface area contributed by atoms with Crippen molar-refractivity contribution in [1.29, 1.82) is 0 Å². The van der Waals surface area contributed by atoms with Crippen LogP contribution in [0, 0.1) is 0 Å². The van der Waals surface area contributed by atoms with Crippen LogP contribution in [-0.2, 0) is 11.3 Å². The van der Waals surface area contributed by atoms with E-state index < -0.39 is 0 Å². The highest BCUT2D eigenvalue weighted by Gasteiger charge is 2.32. The van der Waals surface area contributed by atoms with E-state index in [1.54, 1.807) is 11.3 Å². The standard InChI is InChI=1S/C11H15N3O2S/c12-10(13-16)5-11(15)14(9-1-2-9)6-8-3-4-17-7-8/h3-4,7,9,16H,1-2,5-6H2,(H2,12,13). The van der Waals surface area contributed by atoms with E-state index >= 15 is 0 Å². The molecule has 2 rings (SSSR count). The number of nitrogens with two attached hydrogens (primary N) is 1. The third-order valence-electron chi connectivity index (χ3n) is 2.70. The fraction of sp³-hybridized carbons (Fsp3) is 0.455. The summed E-state index contributed by atoms with van der Waals surface area (Å²) < 4.78 is 0. The Morgan fingerprint density at radius 3 is 2.94 bits per heavy atom. The monoisotopic (exact) mass is 253 g/mol. The minimum Gasteiger partial charge on any atom is -0.409 e. The molecule has 1 aromatic heterocycles. The first kappa shape index (κ1) is 11.9. The number of carbonyl (C=O) groups is 1. The molecule has 6 heteroatoms. The number of oxime groups is 1. The zero-order chi connectivity index (χ0) is 12.3. The molecule has 1 aliphatic rings. The van der Waals surface area contributed by atoms with Gasteiger partial charge in [-0.3, -0.25) is 4.79 Å². The van der Waals surface area contributed by atoms with Crippen LogP contribution in [0.3, 0.4) is 0 Å². The van der Waals surface area contributed by atoms with Gasteiger partial charge in [-0.05, 0) is 35.2 Å². The van der Waals surface area contributed by atoms with E-state index in [1.165, 1.54) is 0 Å². The number of thiophene rings is 1. The lowest BCUT2D eigenvalue weighted by Crippen LogP contribution is -2.35. The summed E-state index contributed by atoms with van der Waals surface area (Å²) in [4.78, 5) is 13.8. The van der Waals surface area contributed by atoms with E-state index in [1.807, 2.05) is 21.7 Å². The van der Waals surface area contributed by atoms with Gasteiger partial charge in [-0.25, -0.2) is 0 Å². The topological polar surface area (TPSA) is 78.9 Å². The van der Waals surface area contributed by atoms with Crippen LogP contribution in [-0.4, -0.2) is 27.9 Å². The molecule has 0 aliphatic heterocycles. The van der Waals surface area contributed by atoms with Crippen LogP contribution in [0.4, 0.5) is 0 Å². The normalized spacial score (nSPS) is 15.9. The predicted octanol–water partition coefficient (Wildman–Crippen LogP) is 1.38. The molecule has 0 atom stereocenters. The number of nitrogens with zero attached hydrogens (tertiary/aromatic N) is 2. The van der Waals surface area contributed by atoms with Gasteiger partial charge in [0.1, 0.15) is 5.84 Å².